The van der Waals surface area contributed by atoms with Crippen LogP contribution in [0, 0.1) is 5.82 Å². The normalized spacial score (nSPS) is 10.8. The first-order valence-electron chi connectivity index (χ1n) is 6.08. The third-order valence-electron chi connectivity index (χ3n) is 2.77. The summed E-state index contributed by atoms with van der Waals surface area (Å²) in [4.78, 5) is 0. The molecule has 0 saturated heterocycles. The Kier molecular flexibility index (Phi) is 4.04. The zero-order chi connectivity index (χ0) is 13.0. The summed E-state index contributed by atoms with van der Waals surface area (Å²) in [7, 11) is 1.80. The van der Waals surface area contributed by atoms with Crippen LogP contribution in [0.4, 0.5) is 4.39 Å². The Balaban J connectivity index is 2.33. The third-order valence-corrected chi connectivity index (χ3v) is 2.77. The van der Waals surface area contributed by atoms with E-state index in [1.807, 2.05) is 6.07 Å². The van der Waals surface area contributed by atoms with Crippen molar-refractivity contribution in [3.8, 4) is 11.3 Å². The average Bonchev–Trinajstić information content (AvgIpc) is 2.81. The van der Waals surface area contributed by atoms with Gasteiger partial charge in [0.05, 0.1) is 11.9 Å². The minimum atomic E-state index is -0.203. The Labute approximate surface area is 106 Å². The Bertz CT molecular complexity index is 521. The lowest BCUT2D eigenvalue weighted by atomic mass is 10.1. The fraction of sp³-hybridized carbons (Fsp3) is 0.385. The number of aryl methyl sites for hydroxylation is 1. The molecule has 0 atom stereocenters. The van der Waals surface area contributed by atoms with Crippen LogP contribution >= 0.6 is 0 Å². The summed E-state index contributed by atoms with van der Waals surface area (Å²) in [5.74, 6) is -0.203. The summed E-state index contributed by atoms with van der Waals surface area (Å²) in [6, 6.07) is 5.24. The molecule has 0 unspecified atom stereocenters. The number of hydrogen-bond acceptors (Lipinski definition) is 3. The van der Waals surface area contributed by atoms with Gasteiger partial charge in [-0.15, -0.1) is 5.10 Å². The molecule has 4 nitrogen and oxygen atoms in total. The molecule has 0 spiro atoms. The Hall–Kier alpha value is -1.75. The maximum atomic E-state index is 13.9. The number of nitrogens with zero attached hydrogens (tertiary/aromatic N) is 3. The van der Waals surface area contributed by atoms with E-state index < -0.39 is 0 Å². The SMILES string of the molecule is CCCn1nncc1-c1ccc(CNC)c(F)c1. The summed E-state index contributed by atoms with van der Waals surface area (Å²) < 4.78 is 15.7. The molecule has 0 aliphatic heterocycles. The predicted octanol–water partition coefficient (Wildman–Crippen LogP) is 2.21. The van der Waals surface area contributed by atoms with E-state index in [4.69, 9.17) is 0 Å². The van der Waals surface area contributed by atoms with Gasteiger partial charge in [-0.1, -0.05) is 24.3 Å². The van der Waals surface area contributed by atoms with Crippen LogP contribution in [0.15, 0.2) is 24.4 Å². The van der Waals surface area contributed by atoms with Crippen molar-refractivity contribution in [3.05, 3.63) is 35.8 Å². The molecule has 2 rings (SSSR count). The van der Waals surface area contributed by atoms with Crippen LogP contribution < -0.4 is 5.32 Å². The van der Waals surface area contributed by atoms with Gasteiger partial charge in [-0.05, 0) is 19.5 Å². The second kappa shape index (κ2) is 5.73. The lowest BCUT2D eigenvalue weighted by Gasteiger charge is -2.07. The van der Waals surface area contributed by atoms with E-state index in [9.17, 15) is 4.39 Å². The van der Waals surface area contributed by atoms with E-state index in [2.05, 4.69) is 22.6 Å². The lowest BCUT2D eigenvalue weighted by molar-refractivity contribution is 0.582. The van der Waals surface area contributed by atoms with Gasteiger partial charge in [0.2, 0.25) is 0 Å². The molecule has 0 radical (unpaired) electrons. The van der Waals surface area contributed by atoms with Gasteiger partial charge in [0.15, 0.2) is 0 Å². The van der Waals surface area contributed by atoms with Crippen molar-refractivity contribution < 1.29 is 4.39 Å². The lowest BCUT2D eigenvalue weighted by Crippen LogP contribution is -2.07. The third kappa shape index (κ3) is 2.56. The molecule has 0 fully saturated rings. The van der Waals surface area contributed by atoms with E-state index in [0.717, 1.165) is 24.2 Å². The quantitative estimate of drug-likeness (QED) is 0.882. The molecule has 0 aliphatic carbocycles. The Morgan fingerprint density at radius 1 is 1.39 bits per heavy atom. The van der Waals surface area contributed by atoms with E-state index in [-0.39, 0.29) is 5.82 Å². The van der Waals surface area contributed by atoms with Crippen molar-refractivity contribution in [2.75, 3.05) is 7.05 Å². The van der Waals surface area contributed by atoms with Gasteiger partial charge in [-0.2, -0.15) is 0 Å². The minimum Gasteiger partial charge on any atom is -0.316 e. The number of nitrogens with one attached hydrogen (secondary N) is 1. The average molecular weight is 248 g/mol. The van der Waals surface area contributed by atoms with Crippen molar-refractivity contribution in [1.29, 1.82) is 0 Å². The van der Waals surface area contributed by atoms with Gasteiger partial charge >= 0.3 is 0 Å². The van der Waals surface area contributed by atoms with Gasteiger partial charge in [0.25, 0.3) is 0 Å². The summed E-state index contributed by atoms with van der Waals surface area (Å²) in [5.41, 5.74) is 2.33. The number of aromatic nitrogens is 3. The van der Waals surface area contributed by atoms with Gasteiger partial charge in [-0.3, -0.25) is 0 Å². The zero-order valence-corrected chi connectivity index (χ0v) is 10.7. The van der Waals surface area contributed by atoms with Crippen LogP contribution in [0.1, 0.15) is 18.9 Å². The first kappa shape index (κ1) is 12.7. The van der Waals surface area contributed by atoms with Crippen molar-refractivity contribution in [2.24, 2.45) is 0 Å². The van der Waals surface area contributed by atoms with E-state index in [1.54, 1.807) is 24.0 Å². The topological polar surface area (TPSA) is 42.7 Å². The maximum Gasteiger partial charge on any atom is 0.128 e. The zero-order valence-electron chi connectivity index (χ0n) is 10.7. The molecule has 1 N–H and O–H groups in total. The molecule has 0 aliphatic rings. The smallest absolute Gasteiger partial charge is 0.128 e. The van der Waals surface area contributed by atoms with Crippen LogP contribution in [0.5, 0.6) is 0 Å². The molecule has 5 heteroatoms. The molecule has 0 bridgehead atoms. The van der Waals surface area contributed by atoms with Crippen LogP contribution in [0.2, 0.25) is 0 Å². The van der Waals surface area contributed by atoms with Crippen LogP contribution in [-0.4, -0.2) is 22.0 Å². The molecule has 18 heavy (non-hydrogen) atoms. The number of rotatable bonds is 5. The number of halogens is 1. The number of hydrogen-bond donors (Lipinski definition) is 1. The largest absolute Gasteiger partial charge is 0.316 e. The van der Waals surface area contributed by atoms with Gasteiger partial charge in [0, 0.05) is 24.2 Å². The van der Waals surface area contributed by atoms with Crippen molar-refractivity contribution >= 4 is 0 Å². The second-order valence-corrected chi connectivity index (χ2v) is 4.18. The molecular formula is C13H17FN4. The first-order valence-corrected chi connectivity index (χ1v) is 6.08. The first-order chi connectivity index (χ1) is 8.76. The standard InChI is InChI=1S/C13H17FN4/c1-3-6-18-13(9-16-17-18)10-4-5-11(8-15-2)12(14)7-10/h4-5,7,9,15H,3,6,8H2,1-2H3. The van der Waals surface area contributed by atoms with Crippen LogP contribution in [-0.2, 0) is 13.1 Å². The summed E-state index contributed by atoms with van der Waals surface area (Å²) >= 11 is 0. The minimum absolute atomic E-state index is 0.203. The number of benzene rings is 1. The van der Waals surface area contributed by atoms with Crippen LogP contribution in [0.3, 0.4) is 0 Å². The molecule has 1 aromatic heterocycles. The Morgan fingerprint density at radius 3 is 2.89 bits per heavy atom. The van der Waals surface area contributed by atoms with E-state index in [0.29, 0.717) is 12.1 Å². The molecule has 1 aromatic carbocycles. The summed E-state index contributed by atoms with van der Waals surface area (Å²) in [6.07, 6.45) is 2.64. The fourth-order valence-corrected chi connectivity index (χ4v) is 1.90. The van der Waals surface area contributed by atoms with E-state index >= 15 is 0 Å². The highest BCUT2D eigenvalue weighted by molar-refractivity contribution is 5.59. The summed E-state index contributed by atoms with van der Waals surface area (Å²) in [6.45, 7) is 3.38. The molecule has 2 aromatic rings. The fourth-order valence-electron chi connectivity index (χ4n) is 1.90. The predicted molar refractivity (Wildman–Crippen MR) is 68.5 cm³/mol. The molecular weight excluding hydrogens is 231 g/mol. The second-order valence-electron chi connectivity index (χ2n) is 4.18. The van der Waals surface area contributed by atoms with Gasteiger partial charge in [-0.25, -0.2) is 9.07 Å². The van der Waals surface area contributed by atoms with Gasteiger partial charge in [0.1, 0.15) is 5.82 Å². The highest BCUT2D eigenvalue weighted by atomic mass is 19.1. The highest BCUT2D eigenvalue weighted by Gasteiger charge is 2.09. The van der Waals surface area contributed by atoms with Crippen molar-refractivity contribution in [2.45, 2.75) is 26.4 Å². The van der Waals surface area contributed by atoms with Gasteiger partial charge < -0.3 is 5.32 Å². The van der Waals surface area contributed by atoms with Crippen molar-refractivity contribution in [3.63, 3.8) is 0 Å². The molecule has 96 valence electrons. The Morgan fingerprint density at radius 2 is 2.22 bits per heavy atom. The highest BCUT2D eigenvalue weighted by Crippen LogP contribution is 2.21. The maximum absolute atomic E-state index is 13.9. The van der Waals surface area contributed by atoms with Crippen molar-refractivity contribution in [1.82, 2.24) is 20.3 Å². The summed E-state index contributed by atoms with van der Waals surface area (Å²) in [5, 5.41) is 10.8. The monoisotopic (exact) mass is 248 g/mol. The molecule has 0 saturated carbocycles. The molecule has 1 heterocycles. The van der Waals surface area contributed by atoms with E-state index in [1.165, 1.54) is 6.07 Å². The van der Waals surface area contributed by atoms with Crippen LogP contribution in [0.25, 0.3) is 11.3 Å². The molecule has 0 amide bonds.